The molecule has 0 aliphatic carbocycles. The van der Waals surface area contributed by atoms with Crippen LogP contribution in [0.15, 0.2) is 18.2 Å². The number of hydrogen-bond acceptors (Lipinski definition) is 2. The average molecular weight is 259 g/mol. The molecule has 17 heavy (non-hydrogen) atoms. The van der Waals surface area contributed by atoms with Crippen LogP contribution < -0.4 is 5.32 Å². The summed E-state index contributed by atoms with van der Waals surface area (Å²) in [4.78, 5) is 13.2. The molecule has 0 spiro atoms. The lowest BCUT2D eigenvalue weighted by Gasteiger charge is -2.17. The van der Waals surface area contributed by atoms with Crippen molar-refractivity contribution in [3.05, 3.63) is 29.0 Å². The van der Waals surface area contributed by atoms with Crippen LogP contribution in [0, 0.1) is 5.82 Å². The Morgan fingerprint density at radius 2 is 2.35 bits per heavy atom. The molecule has 1 saturated heterocycles. The lowest BCUT2D eigenvalue weighted by atomic mass is 10.3. The van der Waals surface area contributed by atoms with Gasteiger partial charge in [0, 0.05) is 13.1 Å². The first-order valence-electron chi connectivity index (χ1n) is 5.25. The largest absolute Gasteiger partial charge is 0.391 e. The number of aliphatic hydroxyl groups excluding tert-OH is 1. The quantitative estimate of drug-likeness (QED) is 0.810. The van der Waals surface area contributed by atoms with Gasteiger partial charge in [-0.05, 0) is 24.6 Å². The van der Waals surface area contributed by atoms with Crippen molar-refractivity contribution in [3.8, 4) is 0 Å². The van der Waals surface area contributed by atoms with Crippen LogP contribution in [0.5, 0.6) is 0 Å². The summed E-state index contributed by atoms with van der Waals surface area (Å²) in [6, 6.07) is 3.42. The molecule has 1 aromatic carbocycles. The van der Waals surface area contributed by atoms with Crippen molar-refractivity contribution >= 4 is 23.3 Å². The number of halogens is 2. The van der Waals surface area contributed by atoms with Gasteiger partial charge >= 0.3 is 6.03 Å². The topological polar surface area (TPSA) is 52.6 Å². The Balaban J connectivity index is 2.03. The number of hydrogen-bond donors (Lipinski definition) is 2. The van der Waals surface area contributed by atoms with Crippen LogP contribution in [0.1, 0.15) is 6.42 Å². The van der Waals surface area contributed by atoms with Crippen molar-refractivity contribution in [1.29, 1.82) is 0 Å². The molecule has 2 N–H and O–H groups in total. The van der Waals surface area contributed by atoms with Gasteiger partial charge in [-0.2, -0.15) is 0 Å². The third-order valence-corrected chi connectivity index (χ3v) is 2.94. The number of carbonyl (C=O) groups excluding carboxylic acids is 1. The Morgan fingerprint density at radius 1 is 1.59 bits per heavy atom. The number of aliphatic hydroxyl groups is 1. The van der Waals surface area contributed by atoms with Crippen LogP contribution in [0.25, 0.3) is 0 Å². The summed E-state index contributed by atoms with van der Waals surface area (Å²) in [7, 11) is 0. The van der Waals surface area contributed by atoms with Gasteiger partial charge in [0.2, 0.25) is 0 Å². The van der Waals surface area contributed by atoms with E-state index in [0.717, 1.165) is 6.07 Å². The van der Waals surface area contributed by atoms with Crippen molar-refractivity contribution in [2.75, 3.05) is 18.4 Å². The number of nitrogens with zero attached hydrogens (tertiary/aromatic N) is 1. The molecule has 0 aromatic heterocycles. The summed E-state index contributed by atoms with van der Waals surface area (Å²) in [5.74, 6) is -0.454. The highest BCUT2D eigenvalue weighted by atomic mass is 35.5. The zero-order valence-corrected chi connectivity index (χ0v) is 9.75. The maximum absolute atomic E-state index is 12.8. The molecular formula is C11H12ClFN2O2. The van der Waals surface area contributed by atoms with E-state index in [9.17, 15) is 14.3 Å². The van der Waals surface area contributed by atoms with E-state index in [-0.39, 0.29) is 11.1 Å². The molecule has 0 radical (unpaired) electrons. The summed E-state index contributed by atoms with van der Waals surface area (Å²) in [5.41, 5.74) is 0.361. The molecule has 4 nitrogen and oxygen atoms in total. The molecule has 0 saturated carbocycles. The number of β-amino-alcohol motifs (C(OH)–C–C–N with tert-alkyl or cyclic N) is 1. The molecule has 92 valence electrons. The average Bonchev–Trinajstić information content (AvgIpc) is 2.69. The number of benzene rings is 1. The van der Waals surface area contributed by atoms with Crippen LogP contribution in [0.2, 0.25) is 5.02 Å². The van der Waals surface area contributed by atoms with Gasteiger partial charge in [-0.15, -0.1) is 0 Å². The van der Waals surface area contributed by atoms with Crippen LogP contribution in [0.3, 0.4) is 0 Å². The first-order valence-corrected chi connectivity index (χ1v) is 5.63. The second-order valence-corrected chi connectivity index (χ2v) is 4.35. The third kappa shape index (κ3) is 2.87. The number of likely N-dealkylation sites (tertiary alicyclic amines) is 1. The normalized spacial score (nSPS) is 19.5. The molecule has 6 heteroatoms. The Morgan fingerprint density at radius 3 is 2.94 bits per heavy atom. The van der Waals surface area contributed by atoms with Gasteiger partial charge in [-0.1, -0.05) is 11.6 Å². The van der Waals surface area contributed by atoms with Gasteiger partial charge in [0.25, 0.3) is 0 Å². The molecule has 0 bridgehead atoms. The van der Waals surface area contributed by atoms with Crippen LogP contribution in [0.4, 0.5) is 14.9 Å². The summed E-state index contributed by atoms with van der Waals surface area (Å²) in [6.07, 6.45) is 0.106. The Bertz CT molecular complexity index is 441. The van der Waals surface area contributed by atoms with E-state index in [4.69, 9.17) is 11.6 Å². The van der Waals surface area contributed by atoms with Crippen molar-refractivity contribution in [2.45, 2.75) is 12.5 Å². The number of rotatable bonds is 1. The van der Waals surface area contributed by atoms with Crippen molar-refractivity contribution in [1.82, 2.24) is 4.90 Å². The molecule has 1 fully saturated rings. The van der Waals surface area contributed by atoms with Crippen molar-refractivity contribution in [3.63, 3.8) is 0 Å². The van der Waals surface area contributed by atoms with Gasteiger partial charge in [-0.25, -0.2) is 9.18 Å². The third-order valence-electron chi connectivity index (χ3n) is 2.62. The number of anilines is 1. The maximum atomic E-state index is 12.8. The van der Waals surface area contributed by atoms with E-state index < -0.39 is 11.9 Å². The summed E-state index contributed by atoms with van der Waals surface area (Å²) < 4.78 is 12.8. The van der Waals surface area contributed by atoms with E-state index in [1.165, 1.54) is 17.0 Å². The summed E-state index contributed by atoms with van der Waals surface area (Å²) in [5, 5.41) is 12.0. The molecule has 1 atom stereocenters. The Hall–Kier alpha value is -1.33. The lowest BCUT2D eigenvalue weighted by Crippen LogP contribution is -2.33. The van der Waals surface area contributed by atoms with E-state index >= 15 is 0 Å². The first kappa shape index (κ1) is 12.1. The van der Waals surface area contributed by atoms with Crippen LogP contribution >= 0.6 is 11.6 Å². The zero-order chi connectivity index (χ0) is 12.4. The molecule has 2 amide bonds. The molecule has 1 aliphatic heterocycles. The second-order valence-electron chi connectivity index (χ2n) is 3.94. The van der Waals surface area contributed by atoms with E-state index in [0.29, 0.717) is 25.2 Å². The molecule has 1 heterocycles. The van der Waals surface area contributed by atoms with Crippen molar-refractivity contribution in [2.24, 2.45) is 0 Å². The minimum atomic E-state index is -0.468. The predicted molar refractivity (Wildman–Crippen MR) is 62.6 cm³/mol. The maximum Gasteiger partial charge on any atom is 0.321 e. The molecular weight excluding hydrogens is 247 g/mol. The van der Waals surface area contributed by atoms with Gasteiger partial charge in [-0.3, -0.25) is 0 Å². The van der Waals surface area contributed by atoms with Gasteiger partial charge in [0.1, 0.15) is 5.82 Å². The Kier molecular flexibility index (Phi) is 3.49. The lowest BCUT2D eigenvalue weighted by molar-refractivity contribution is 0.176. The van der Waals surface area contributed by atoms with Crippen molar-refractivity contribution < 1.29 is 14.3 Å². The molecule has 0 unspecified atom stereocenters. The fourth-order valence-corrected chi connectivity index (χ4v) is 1.93. The molecule has 1 aliphatic rings. The fraction of sp³-hybridized carbons (Fsp3) is 0.364. The standard InChI is InChI=1S/C11H12ClFN2O2/c12-9-5-7(13)1-2-10(9)14-11(17)15-4-3-8(16)6-15/h1-2,5,8,16H,3-4,6H2,(H,14,17)/t8-/m0/s1. The SMILES string of the molecule is O=C(Nc1ccc(F)cc1Cl)N1CC[C@H](O)C1. The Labute approximate surface area is 103 Å². The highest BCUT2D eigenvalue weighted by Gasteiger charge is 2.24. The van der Waals surface area contributed by atoms with E-state index in [2.05, 4.69) is 5.32 Å². The summed E-state index contributed by atoms with van der Waals surface area (Å²) >= 11 is 5.79. The smallest absolute Gasteiger partial charge is 0.321 e. The number of urea groups is 1. The minimum absolute atomic E-state index is 0.151. The monoisotopic (exact) mass is 258 g/mol. The van der Waals surface area contributed by atoms with Gasteiger partial charge in [0.05, 0.1) is 16.8 Å². The van der Waals surface area contributed by atoms with Crippen LogP contribution in [-0.4, -0.2) is 35.2 Å². The fourth-order valence-electron chi connectivity index (χ4n) is 1.71. The minimum Gasteiger partial charge on any atom is -0.391 e. The van der Waals surface area contributed by atoms with Gasteiger partial charge in [0.15, 0.2) is 0 Å². The highest BCUT2D eigenvalue weighted by molar-refractivity contribution is 6.33. The van der Waals surface area contributed by atoms with E-state index in [1.54, 1.807) is 0 Å². The number of carbonyl (C=O) groups is 1. The first-order chi connectivity index (χ1) is 8.06. The summed E-state index contributed by atoms with van der Waals surface area (Å²) in [6.45, 7) is 0.816. The van der Waals surface area contributed by atoms with Gasteiger partial charge < -0.3 is 15.3 Å². The number of amides is 2. The zero-order valence-electron chi connectivity index (χ0n) is 8.99. The number of nitrogens with one attached hydrogen (secondary N) is 1. The second kappa shape index (κ2) is 4.89. The van der Waals surface area contributed by atoms with Crippen LogP contribution in [-0.2, 0) is 0 Å². The predicted octanol–water partition coefficient (Wildman–Crippen LogP) is 2.08. The highest BCUT2D eigenvalue weighted by Crippen LogP contribution is 2.23. The van der Waals surface area contributed by atoms with E-state index in [1.807, 2.05) is 0 Å². The molecule has 2 rings (SSSR count). The molecule has 1 aromatic rings.